The SMILES string of the molecule is Nc1noc(N)c1N=Nc1ccc(Cl)cc1. The monoisotopic (exact) mass is 237 g/mol. The first kappa shape index (κ1) is 10.4. The Morgan fingerprint density at radius 2 is 1.81 bits per heavy atom. The summed E-state index contributed by atoms with van der Waals surface area (Å²) in [5.74, 6) is 0.144. The van der Waals surface area contributed by atoms with Crippen molar-refractivity contribution in [3.8, 4) is 0 Å². The largest absolute Gasteiger partial charge is 0.379 e. The van der Waals surface area contributed by atoms with Crippen molar-refractivity contribution in [3.63, 3.8) is 0 Å². The quantitative estimate of drug-likeness (QED) is 0.784. The molecule has 1 aromatic heterocycles. The maximum Gasteiger partial charge on any atom is 0.252 e. The second-order valence-corrected chi connectivity index (χ2v) is 3.39. The number of nitrogens with zero attached hydrogens (tertiary/aromatic N) is 3. The van der Waals surface area contributed by atoms with Gasteiger partial charge in [-0.3, -0.25) is 0 Å². The third kappa shape index (κ3) is 2.12. The lowest BCUT2D eigenvalue weighted by atomic mass is 10.3. The molecule has 0 amide bonds. The zero-order chi connectivity index (χ0) is 11.5. The molecule has 0 bridgehead atoms. The maximum absolute atomic E-state index is 5.72. The Morgan fingerprint density at radius 1 is 1.12 bits per heavy atom. The third-order valence-electron chi connectivity index (χ3n) is 1.81. The minimum Gasteiger partial charge on any atom is -0.379 e. The second kappa shape index (κ2) is 4.19. The van der Waals surface area contributed by atoms with Gasteiger partial charge in [0.15, 0.2) is 11.5 Å². The number of halogens is 1. The van der Waals surface area contributed by atoms with Gasteiger partial charge in [-0.25, -0.2) is 0 Å². The van der Waals surface area contributed by atoms with E-state index in [1.165, 1.54) is 0 Å². The van der Waals surface area contributed by atoms with Crippen molar-refractivity contribution in [1.82, 2.24) is 5.16 Å². The van der Waals surface area contributed by atoms with Gasteiger partial charge in [0, 0.05) is 5.02 Å². The highest BCUT2D eigenvalue weighted by atomic mass is 35.5. The molecule has 0 spiro atoms. The van der Waals surface area contributed by atoms with Gasteiger partial charge in [0.1, 0.15) is 0 Å². The van der Waals surface area contributed by atoms with Crippen molar-refractivity contribution < 1.29 is 4.52 Å². The lowest BCUT2D eigenvalue weighted by Crippen LogP contribution is -1.84. The Bertz CT molecular complexity index is 500. The first-order chi connectivity index (χ1) is 7.66. The van der Waals surface area contributed by atoms with Crippen molar-refractivity contribution in [2.75, 3.05) is 11.5 Å². The smallest absolute Gasteiger partial charge is 0.252 e. The van der Waals surface area contributed by atoms with Crippen LogP contribution in [-0.2, 0) is 0 Å². The van der Waals surface area contributed by atoms with Crippen LogP contribution < -0.4 is 11.5 Å². The summed E-state index contributed by atoms with van der Waals surface area (Å²) in [6, 6.07) is 6.84. The van der Waals surface area contributed by atoms with Crippen LogP contribution in [0.25, 0.3) is 0 Å². The summed E-state index contributed by atoms with van der Waals surface area (Å²) in [6.07, 6.45) is 0. The Labute approximate surface area is 95.9 Å². The predicted molar refractivity (Wildman–Crippen MR) is 61.0 cm³/mol. The van der Waals surface area contributed by atoms with Crippen LogP contribution in [-0.4, -0.2) is 5.16 Å². The third-order valence-corrected chi connectivity index (χ3v) is 2.06. The minimum atomic E-state index is 0.0372. The molecule has 0 saturated heterocycles. The van der Waals surface area contributed by atoms with E-state index in [1.54, 1.807) is 24.3 Å². The van der Waals surface area contributed by atoms with E-state index in [0.29, 0.717) is 10.7 Å². The Morgan fingerprint density at radius 3 is 2.38 bits per heavy atom. The van der Waals surface area contributed by atoms with Crippen molar-refractivity contribution in [3.05, 3.63) is 29.3 Å². The molecule has 4 N–H and O–H groups in total. The van der Waals surface area contributed by atoms with Gasteiger partial charge in [0.05, 0.1) is 5.69 Å². The van der Waals surface area contributed by atoms with Gasteiger partial charge in [-0.2, -0.15) is 5.11 Å². The van der Waals surface area contributed by atoms with Crippen LogP contribution in [0.5, 0.6) is 0 Å². The molecule has 1 aromatic carbocycles. The summed E-state index contributed by atoms with van der Waals surface area (Å²) in [5.41, 5.74) is 11.8. The number of aromatic nitrogens is 1. The fourth-order valence-corrected chi connectivity index (χ4v) is 1.15. The van der Waals surface area contributed by atoms with Crippen LogP contribution in [0.3, 0.4) is 0 Å². The Balaban J connectivity index is 2.24. The Hall–Kier alpha value is -2.08. The first-order valence-corrected chi connectivity index (χ1v) is 4.72. The Kier molecular flexibility index (Phi) is 2.74. The molecule has 0 aliphatic heterocycles. The molecule has 82 valence electrons. The molecule has 0 fully saturated rings. The number of anilines is 2. The molecule has 7 heteroatoms. The number of benzene rings is 1. The van der Waals surface area contributed by atoms with E-state index < -0.39 is 0 Å². The lowest BCUT2D eigenvalue weighted by Gasteiger charge is -1.92. The molecule has 0 atom stereocenters. The number of azo groups is 1. The number of rotatable bonds is 2. The molecule has 2 aromatic rings. The highest BCUT2D eigenvalue weighted by Gasteiger charge is 2.09. The standard InChI is InChI=1S/C9H8ClN5O/c10-5-1-3-6(4-2-5)13-14-7-8(11)15-16-9(7)12/h1-4H,12H2,(H2,11,15). The average molecular weight is 238 g/mol. The lowest BCUT2D eigenvalue weighted by molar-refractivity contribution is 0.440. The van der Waals surface area contributed by atoms with Gasteiger partial charge in [0.2, 0.25) is 0 Å². The summed E-state index contributed by atoms with van der Waals surface area (Å²) < 4.78 is 4.63. The molecular weight excluding hydrogens is 230 g/mol. The molecule has 6 nitrogen and oxygen atoms in total. The summed E-state index contributed by atoms with van der Waals surface area (Å²) in [7, 11) is 0. The van der Waals surface area contributed by atoms with Gasteiger partial charge in [-0.15, -0.1) is 5.11 Å². The molecule has 0 aliphatic rings. The zero-order valence-electron chi connectivity index (χ0n) is 8.09. The van der Waals surface area contributed by atoms with Gasteiger partial charge >= 0.3 is 0 Å². The number of hydrogen-bond donors (Lipinski definition) is 2. The summed E-state index contributed by atoms with van der Waals surface area (Å²) >= 11 is 5.72. The normalized spacial score (nSPS) is 11.1. The van der Waals surface area contributed by atoms with Gasteiger partial charge in [-0.1, -0.05) is 16.8 Å². The number of nitrogens with two attached hydrogens (primary N) is 2. The minimum absolute atomic E-state index is 0.0372. The highest BCUT2D eigenvalue weighted by molar-refractivity contribution is 6.30. The fourth-order valence-electron chi connectivity index (χ4n) is 1.03. The van der Waals surface area contributed by atoms with E-state index >= 15 is 0 Å². The predicted octanol–water partition coefficient (Wildman–Crippen LogP) is 2.91. The molecule has 0 unspecified atom stereocenters. The molecule has 1 heterocycles. The van der Waals surface area contributed by atoms with E-state index in [-0.39, 0.29) is 17.4 Å². The van der Waals surface area contributed by atoms with Crippen LogP contribution in [0.2, 0.25) is 5.02 Å². The van der Waals surface area contributed by atoms with E-state index in [9.17, 15) is 0 Å². The maximum atomic E-state index is 5.72. The number of hydrogen-bond acceptors (Lipinski definition) is 6. The summed E-state index contributed by atoms with van der Waals surface area (Å²) in [6.45, 7) is 0. The van der Waals surface area contributed by atoms with Crippen molar-refractivity contribution >= 4 is 34.7 Å². The van der Waals surface area contributed by atoms with Crippen LogP contribution >= 0.6 is 11.6 Å². The van der Waals surface area contributed by atoms with E-state index in [1.807, 2.05) is 0 Å². The summed E-state index contributed by atoms with van der Waals surface area (Å²) in [4.78, 5) is 0. The molecule has 0 saturated carbocycles. The molecule has 2 rings (SSSR count). The topological polar surface area (TPSA) is 103 Å². The number of nitrogen functional groups attached to an aromatic ring is 2. The fraction of sp³-hybridized carbons (Fsp3) is 0. The van der Waals surface area contributed by atoms with Crippen LogP contribution in [0.4, 0.5) is 23.1 Å². The van der Waals surface area contributed by atoms with Gasteiger partial charge in [0.25, 0.3) is 5.88 Å². The van der Waals surface area contributed by atoms with E-state index in [0.717, 1.165) is 0 Å². The van der Waals surface area contributed by atoms with E-state index in [4.69, 9.17) is 23.1 Å². The van der Waals surface area contributed by atoms with Gasteiger partial charge < -0.3 is 16.0 Å². The van der Waals surface area contributed by atoms with Crippen LogP contribution in [0.1, 0.15) is 0 Å². The second-order valence-electron chi connectivity index (χ2n) is 2.96. The molecule has 0 aliphatic carbocycles. The van der Waals surface area contributed by atoms with Crippen LogP contribution in [0.15, 0.2) is 39.0 Å². The summed E-state index contributed by atoms with van der Waals surface area (Å²) in [5, 5.41) is 11.8. The first-order valence-electron chi connectivity index (χ1n) is 4.35. The van der Waals surface area contributed by atoms with E-state index in [2.05, 4.69) is 19.9 Å². The molecular formula is C9H8ClN5O. The van der Waals surface area contributed by atoms with Crippen molar-refractivity contribution in [2.24, 2.45) is 10.2 Å². The molecule has 0 radical (unpaired) electrons. The van der Waals surface area contributed by atoms with Crippen molar-refractivity contribution in [1.29, 1.82) is 0 Å². The van der Waals surface area contributed by atoms with Gasteiger partial charge in [-0.05, 0) is 24.3 Å². The van der Waals surface area contributed by atoms with Crippen LogP contribution in [0, 0.1) is 0 Å². The highest BCUT2D eigenvalue weighted by Crippen LogP contribution is 2.30. The van der Waals surface area contributed by atoms with Crippen molar-refractivity contribution in [2.45, 2.75) is 0 Å². The zero-order valence-corrected chi connectivity index (χ0v) is 8.85. The average Bonchev–Trinajstić information content (AvgIpc) is 2.59. The molecule has 16 heavy (non-hydrogen) atoms.